The molecule has 122 valence electrons. The van der Waals surface area contributed by atoms with Crippen LogP contribution in [0, 0.1) is 11.8 Å². The summed E-state index contributed by atoms with van der Waals surface area (Å²) in [6, 6.07) is 10.5. The van der Waals surface area contributed by atoms with E-state index in [9.17, 15) is 0 Å². The Labute approximate surface area is 143 Å². The summed E-state index contributed by atoms with van der Waals surface area (Å²) in [6.07, 6.45) is 8.37. The molecule has 0 aliphatic carbocycles. The second-order valence-electron chi connectivity index (χ2n) is 6.66. The van der Waals surface area contributed by atoms with Gasteiger partial charge >= 0.3 is 143 Å². The minimum atomic E-state index is -2.03. The summed E-state index contributed by atoms with van der Waals surface area (Å²) in [7, 11) is 0. The van der Waals surface area contributed by atoms with Crippen LogP contribution in [0.1, 0.15) is 64.9 Å². The molecule has 0 heterocycles. The minimum absolute atomic E-state index is 1.18. The average Bonchev–Trinajstić information content (AvgIpc) is 2.57. The Morgan fingerprint density at radius 1 is 0.773 bits per heavy atom. The monoisotopic (exact) mass is 406 g/mol. The molecule has 0 atom stereocenters. The molecule has 0 saturated heterocycles. The number of hydrogen-bond acceptors (Lipinski definition) is 0. The Balaban J connectivity index is 2.78. The third-order valence-corrected chi connectivity index (χ3v) is 19.4. The molecule has 0 amide bonds. The Kier molecular flexibility index (Phi) is 10.8. The van der Waals surface area contributed by atoms with Crippen molar-refractivity contribution in [3.63, 3.8) is 0 Å². The number of hydrogen-bond donors (Lipinski definition) is 0. The van der Waals surface area contributed by atoms with Crippen LogP contribution in [0.4, 0.5) is 0 Å². The third kappa shape index (κ3) is 7.72. The second-order valence-corrected chi connectivity index (χ2v) is 20.5. The molecule has 1 aromatic rings. The van der Waals surface area contributed by atoms with E-state index in [0.717, 1.165) is 0 Å². The SMILES string of the molecule is CCC[CH2][Sn]([CH2]C#Cc1ccccc1)([CH2]CCC)[CH2]CCC. The summed E-state index contributed by atoms with van der Waals surface area (Å²) in [6.45, 7) is 7.02. The van der Waals surface area contributed by atoms with Crippen molar-refractivity contribution in [3.8, 4) is 11.8 Å². The van der Waals surface area contributed by atoms with E-state index < -0.39 is 18.4 Å². The van der Waals surface area contributed by atoms with Gasteiger partial charge in [-0.1, -0.05) is 0 Å². The van der Waals surface area contributed by atoms with E-state index in [2.05, 4.69) is 62.9 Å². The van der Waals surface area contributed by atoms with Gasteiger partial charge in [0.2, 0.25) is 0 Å². The Morgan fingerprint density at radius 3 is 1.73 bits per heavy atom. The number of rotatable bonds is 10. The van der Waals surface area contributed by atoms with E-state index in [1.54, 1.807) is 13.3 Å². The zero-order chi connectivity index (χ0) is 16.1. The molecular weight excluding hydrogens is 371 g/mol. The fraction of sp³-hybridized carbons (Fsp3) is 0.619. The molecule has 0 aromatic heterocycles. The van der Waals surface area contributed by atoms with Crippen molar-refractivity contribution in [2.24, 2.45) is 0 Å². The molecule has 0 nitrogen and oxygen atoms in total. The summed E-state index contributed by atoms with van der Waals surface area (Å²) < 4.78 is 5.97. The molecule has 0 fully saturated rings. The predicted octanol–water partition coefficient (Wildman–Crippen LogP) is 6.89. The first-order valence-electron chi connectivity index (χ1n) is 9.30. The maximum atomic E-state index is 3.61. The summed E-state index contributed by atoms with van der Waals surface area (Å²) in [4.78, 5) is 0. The van der Waals surface area contributed by atoms with E-state index in [0.29, 0.717) is 0 Å². The summed E-state index contributed by atoms with van der Waals surface area (Å²) in [5, 5.41) is 0. The van der Waals surface area contributed by atoms with Gasteiger partial charge in [0.15, 0.2) is 0 Å². The van der Waals surface area contributed by atoms with Crippen LogP contribution in [0.5, 0.6) is 0 Å². The first-order valence-corrected chi connectivity index (χ1v) is 17.4. The van der Waals surface area contributed by atoms with Crippen LogP contribution in [0.25, 0.3) is 0 Å². The van der Waals surface area contributed by atoms with E-state index in [1.165, 1.54) is 48.5 Å². The van der Waals surface area contributed by atoms with Crippen molar-refractivity contribution < 1.29 is 0 Å². The first-order chi connectivity index (χ1) is 10.8. The molecule has 1 heteroatoms. The van der Waals surface area contributed by atoms with Crippen LogP contribution in [0.3, 0.4) is 0 Å². The predicted molar refractivity (Wildman–Crippen MR) is 103 cm³/mol. The molecule has 0 aliphatic heterocycles. The third-order valence-electron chi connectivity index (χ3n) is 4.65. The number of unbranched alkanes of at least 4 members (excludes halogenated alkanes) is 3. The van der Waals surface area contributed by atoms with Gasteiger partial charge in [-0.2, -0.15) is 0 Å². The molecule has 0 N–H and O–H groups in total. The number of benzene rings is 1. The van der Waals surface area contributed by atoms with Crippen LogP contribution in [-0.4, -0.2) is 18.4 Å². The molecule has 0 unspecified atom stereocenters. The molecular formula is C21H34Sn. The van der Waals surface area contributed by atoms with Gasteiger partial charge in [0, 0.05) is 0 Å². The molecule has 22 heavy (non-hydrogen) atoms. The van der Waals surface area contributed by atoms with Crippen LogP contribution >= 0.6 is 0 Å². The molecule has 0 bridgehead atoms. The van der Waals surface area contributed by atoms with Gasteiger partial charge in [0.05, 0.1) is 0 Å². The first kappa shape index (κ1) is 19.6. The van der Waals surface area contributed by atoms with Crippen LogP contribution in [0.15, 0.2) is 30.3 Å². The van der Waals surface area contributed by atoms with Crippen molar-refractivity contribution in [1.29, 1.82) is 0 Å². The van der Waals surface area contributed by atoms with Crippen LogP contribution in [-0.2, 0) is 0 Å². The van der Waals surface area contributed by atoms with E-state index in [-0.39, 0.29) is 0 Å². The van der Waals surface area contributed by atoms with Crippen molar-refractivity contribution in [1.82, 2.24) is 0 Å². The van der Waals surface area contributed by atoms with Gasteiger partial charge in [0.1, 0.15) is 0 Å². The fourth-order valence-electron chi connectivity index (χ4n) is 3.15. The average molecular weight is 405 g/mol. The van der Waals surface area contributed by atoms with Crippen LogP contribution < -0.4 is 0 Å². The van der Waals surface area contributed by atoms with Crippen molar-refractivity contribution >= 4 is 18.4 Å². The van der Waals surface area contributed by atoms with Gasteiger partial charge in [-0.15, -0.1) is 0 Å². The van der Waals surface area contributed by atoms with Crippen molar-refractivity contribution in [2.45, 2.75) is 77.0 Å². The maximum absolute atomic E-state index is 3.61. The van der Waals surface area contributed by atoms with Gasteiger partial charge in [0.25, 0.3) is 0 Å². The van der Waals surface area contributed by atoms with E-state index in [4.69, 9.17) is 0 Å². The molecule has 0 saturated carbocycles. The zero-order valence-corrected chi connectivity index (χ0v) is 17.8. The molecule has 0 aliphatic rings. The zero-order valence-electron chi connectivity index (χ0n) is 15.0. The summed E-state index contributed by atoms with van der Waals surface area (Å²) in [5.41, 5.74) is 1.18. The van der Waals surface area contributed by atoms with Gasteiger partial charge in [-0.25, -0.2) is 0 Å². The quantitative estimate of drug-likeness (QED) is 0.294. The Hall–Kier alpha value is -0.421. The molecule has 1 aromatic carbocycles. The van der Waals surface area contributed by atoms with Gasteiger partial charge < -0.3 is 0 Å². The summed E-state index contributed by atoms with van der Waals surface area (Å²) in [5.74, 6) is 7.04. The molecule has 0 radical (unpaired) electrons. The van der Waals surface area contributed by atoms with Gasteiger partial charge in [-0.3, -0.25) is 0 Å². The van der Waals surface area contributed by atoms with Crippen LogP contribution in [0.2, 0.25) is 17.7 Å². The van der Waals surface area contributed by atoms with Crippen molar-refractivity contribution in [2.75, 3.05) is 0 Å². The normalized spacial score (nSPS) is 11.0. The topological polar surface area (TPSA) is 0 Å². The molecule has 1 rings (SSSR count). The van der Waals surface area contributed by atoms with Gasteiger partial charge in [-0.05, 0) is 0 Å². The Bertz CT molecular complexity index is 416. The van der Waals surface area contributed by atoms with E-state index in [1.807, 2.05) is 0 Å². The second kappa shape index (κ2) is 12.1. The Morgan fingerprint density at radius 2 is 1.27 bits per heavy atom. The van der Waals surface area contributed by atoms with Crippen molar-refractivity contribution in [3.05, 3.63) is 35.9 Å². The molecule has 0 spiro atoms. The fourth-order valence-corrected chi connectivity index (χ4v) is 17.6. The summed E-state index contributed by atoms with van der Waals surface area (Å²) >= 11 is -2.03. The standard InChI is InChI=1S/C9H7.3C4H9.Sn/c1-2-6-9-7-4-3-5-8-9;3*1-3-4-2;/h3-5,7-8H,1H2;3*1,3-4H2,2H3;. The van der Waals surface area contributed by atoms with E-state index >= 15 is 0 Å².